The average molecular weight is 178 g/mol. The third-order valence-electron chi connectivity index (χ3n) is 1.51. The standard InChI is InChI=1S/C9H14N4/c1-8-6-9(13-7-12-8)11-5-3-2-4-10/h2-3,6-7H,4-5,10H2,1H3,(H,11,12,13)/b3-2+. The van der Waals surface area contributed by atoms with Crippen LogP contribution in [-0.2, 0) is 0 Å². The van der Waals surface area contributed by atoms with Gasteiger partial charge in [0.25, 0.3) is 0 Å². The lowest BCUT2D eigenvalue weighted by Gasteiger charge is -2.01. The van der Waals surface area contributed by atoms with Crippen molar-refractivity contribution in [1.82, 2.24) is 9.97 Å². The molecule has 70 valence electrons. The molecule has 0 aromatic carbocycles. The van der Waals surface area contributed by atoms with E-state index in [-0.39, 0.29) is 0 Å². The molecule has 1 aromatic rings. The summed E-state index contributed by atoms with van der Waals surface area (Å²) in [5.74, 6) is 0.842. The third-order valence-corrected chi connectivity index (χ3v) is 1.51. The Morgan fingerprint density at radius 2 is 2.31 bits per heavy atom. The van der Waals surface area contributed by atoms with Crippen molar-refractivity contribution in [2.75, 3.05) is 18.4 Å². The average Bonchev–Trinajstić information content (AvgIpc) is 2.13. The Bertz CT molecular complexity index is 283. The minimum Gasteiger partial charge on any atom is -0.366 e. The Balaban J connectivity index is 2.41. The molecule has 3 N–H and O–H groups in total. The summed E-state index contributed by atoms with van der Waals surface area (Å²) in [7, 11) is 0. The zero-order valence-electron chi connectivity index (χ0n) is 7.70. The van der Waals surface area contributed by atoms with Crippen molar-refractivity contribution < 1.29 is 0 Å². The van der Waals surface area contributed by atoms with Crippen molar-refractivity contribution in [2.24, 2.45) is 5.73 Å². The van der Waals surface area contributed by atoms with Crippen molar-refractivity contribution in [1.29, 1.82) is 0 Å². The van der Waals surface area contributed by atoms with Crippen molar-refractivity contribution in [3.8, 4) is 0 Å². The molecule has 0 aliphatic carbocycles. The van der Waals surface area contributed by atoms with Gasteiger partial charge in [0.1, 0.15) is 12.1 Å². The molecule has 1 heterocycles. The molecule has 0 unspecified atom stereocenters. The molecule has 1 aromatic heterocycles. The second-order valence-corrected chi connectivity index (χ2v) is 2.63. The van der Waals surface area contributed by atoms with E-state index in [2.05, 4.69) is 15.3 Å². The van der Waals surface area contributed by atoms with E-state index < -0.39 is 0 Å². The molecule has 0 saturated heterocycles. The van der Waals surface area contributed by atoms with Crippen LogP contribution in [0.15, 0.2) is 24.5 Å². The molecule has 1 rings (SSSR count). The number of hydrogen-bond donors (Lipinski definition) is 2. The van der Waals surface area contributed by atoms with E-state index in [1.54, 1.807) is 6.33 Å². The Morgan fingerprint density at radius 3 is 3.00 bits per heavy atom. The summed E-state index contributed by atoms with van der Waals surface area (Å²) >= 11 is 0. The van der Waals surface area contributed by atoms with Gasteiger partial charge in [-0.3, -0.25) is 0 Å². The number of aromatic nitrogens is 2. The first kappa shape index (κ1) is 9.67. The number of nitrogens with zero attached hydrogens (tertiary/aromatic N) is 2. The van der Waals surface area contributed by atoms with E-state index in [9.17, 15) is 0 Å². The maximum absolute atomic E-state index is 5.29. The lowest BCUT2D eigenvalue weighted by Crippen LogP contribution is -2.02. The van der Waals surface area contributed by atoms with Crippen LogP contribution >= 0.6 is 0 Å². The Kier molecular flexibility index (Phi) is 3.92. The highest BCUT2D eigenvalue weighted by molar-refractivity contribution is 5.34. The number of nitrogens with two attached hydrogens (primary N) is 1. The van der Waals surface area contributed by atoms with Crippen LogP contribution in [0.2, 0.25) is 0 Å². The molecule has 4 heteroatoms. The topological polar surface area (TPSA) is 63.8 Å². The molecule has 0 radical (unpaired) electrons. The normalized spacial score (nSPS) is 10.6. The lowest BCUT2D eigenvalue weighted by molar-refractivity contribution is 1.09. The molecule has 0 aliphatic heterocycles. The van der Waals surface area contributed by atoms with Crippen LogP contribution in [0.5, 0.6) is 0 Å². The first-order valence-electron chi connectivity index (χ1n) is 4.20. The SMILES string of the molecule is Cc1cc(NC/C=C/CN)ncn1. The smallest absolute Gasteiger partial charge is 0.129 e. The van der Waals surface area contributed by atoms with Gasteiger partial charge in [0.05, 0.1) is 0 Å². The molecule has 0 aliphatic rings. The summed E-state index contributed by atoms with van der Waals surface area (Å²) in [6, 6.07) is 1.90. The predicted octanol–water partition coefficient (Wildman–Crippen LogP) is 0.712. The monoisotopic (exact) mass is 178 g/mol. The lowest BCUT2D eigenvalue weighted by atomic mass is 10.4. The van der Waals surface area contributed by atoms with E-state index in [1.165, 1.54) is 0 Å². The quantitative estimate of drug-likeness (QED) is 0.666. The predicted molar refractivity (Wildman–Crippen MR) is 53.5 cm³/mol. The van der Waals surface area contributed by atoms with Gasteiger partial charge in [-0.05, 0) is 6.92 Å². The van der Waals surface area contributed by atoms with Gasteiger partial charge in [-0.1, -0.05) is 12.2 Å². The summed E-state index contributed by atoms with van der Waals surface area (Å²) in [5, 5.41) is 3.13. The summed E-state index contributed by atoms with van der Waals surface area (Å²) in [6.07, 6.45) is 5.42. The zero-order valence-corrected chi connectivity index (χ0v) is 7.70. The molecular formula is C9H14N4. The van der Waals surface area contributed by atoms with E-state index in [0.717, 1.165) is 18.1 Å². The number of rotatable bonds is 4. The van der Waals surface area contributed by atoms with Crippen LogP contribution in [0.1, 0.15) is 5.69 Å². The van der Waals surface area contributed by atoms with E-state index in [4.69, 9.17) is 5.73 Å². The van der Waals surface area contributed by atoms with Gasteiger partial charge in [-0.15, -0.1) is 0 Å². The maximum atomic E-state index is 5.29. The van der Waals surface area contributed by atoms with Crippen molar-refractivity contribution in [2.45, 2.75) is 6.92 Å². The fourth-order valence-electron chi connectivity index (χ4n) is 0.894. The molecule has 0 fully saturated rings. The van der Waals surface area contributed by atoms with Gasteiger partial charge in [0.15, 0.2) is 0 Å². The van der Waals surface area contributed by atoms with Gasteiger partial charge in [-0.25, -0.2) is 9.97 Å². The molecule has 4 nitrogen and oxygen atoms in total. The highest BCUT2D eigenvalue weighted by atomic mass is 15.0. The highest BCUT2D eigenvalue weighted by Crippen LogP contribution is 2.01. The van der Waals surface area contributed by atoms with Crippen LogP contribution < -0.4 is 11.1 Å². The number of anilines is 1. The van der Waals surface area contributed by atoms with E-state index >= 15 is 0 Å². The van der Waals surface area contributed by atoms with Gasteiger partial charge < -0.3 is 11.1 Å². The molecule has 13 heavy (non-hydrogen) atoms. The van der Waals surface area contributed by atoms with Gasteiger partial charge in [0, 0.05) is 24.8 Å². The minimum atomic E-state index is 0.574. The molecule has 0 amide bonds. The van der Waals surface area contributed by atoms with Crippen LogP contribution in [0.4, 0.5) is 5.82 Å². The second-order valence-electron chi connectivity index (χ2n) is 2.63. The Hall–Kier alpha value is -1.42. The number of aryl methyl sites for hydroxylation is 1. The van der Waals surface area contributed by atoms with Crippen LogP contribution in [0.25, 0.3) is 0 Å². The van der Waals surface area contributed by atoms with Crippen LogP contribution in [0.3, 0.4) is 0 Å². The molecule has 0 atom stereocenters. The minimum absolute atomic E-state index is 0.574. The van der Waals surface area contributed by atoms with Crippen molar-refractivity contribution in [3.05, 3.63) is 30.2 Å². The van der Waals surface area contributed by atoms with Gasteiger partial charge in [-0.2, -0.15) is 0 Å². The van der Waals surface area contributed by atoms with Crippen LogP contribution in [-0.4, -0.2) is 23.1 Å². The molecule has 0 spiro atoms. The highest BCUT2D eigenvalue weighted by Gasteiger charge is 1.90. The Labute approximate surface area is 77.9 Å². The largest absolute Gasteiger partial charge is 0.366 e. The molecule has 0 bridgehead atoms. The fourth-order valence-corrected chi connectivity index (χ4v) is 0.894. The second kappa shape index (κ2) is 5.27. The first-order chi connectivity index (χ1) is 6.33. The number of hydrogen-bond acceptors (Lipinski definition) is 4. The summed E-state index contributed by atoms with van der Waals surface area (Å²) < 4.78 is 0. The van der Waals surface area contributed by atoms with Crippen molar-refractivity contribution >= 4 is 5.82 Å². The summed E-state index contributed by atoms with van der Waals surface area (Å²) in [6.45, 7) is 3.25. The fraction of sp³-hybridized carbons (Fsp3) is 0.333. The van der Waals surface area contributed by atoms with Gasteiger partial charge >= 0.3 is 0 Å². The van der Waals surface area contributed by atoms with E-state index in [0.29, 0.717) is 6.54 Å². The maximum Gasteiger partial charge on any atom is 0.129 e. The summed E-state index contributed by atoms with van der Waals surface area (Å²) in [4.78, 5) is 8.04. The zero-order chi connectivity index (χ0) is 9.52. The van der Waals surface area contributed by atoms with E-state index in [1.807, 2.05) is 25.1 Å². The summed E-state index contributed by atoms with van der Waals surface area (Å²) in [5.41, 5.74) is 6.25. The van der Waals surface area contributed by atoms with Crippen molar-refractivity contribution in [3.63, 3.8) is 0 Å². The van der Waals surface area contributed by atoms with Crippen LogP contribution in [0, 0.1) is 6.92 Å². The number of nitrogens with one attached hydrogen (secondary N) is 1. The first-order valence-corrected chi connectivity index (χ1v) is 4.20. The third kappa shape index (κ3) is 3.66. The molecular weight excluding hydrogens is 164 g/mol. The van der Waals surface area contributed by atoms with Gasteiger partial charge in [0.2, 0.25) is 0 Å². The Morgan fingerprint density at radius 1 is 1.46 bits per heavy atom. The molecule has 0 saturated carbocycles.